The molecule has 0 fully saturated rings. The predicted octanol–water partition coefficient (Wildman–Crippen LogP) is 15.3. The van der Waals surface area contributed by atoms with Crippen LogP contribution in [0.1, 0.15) is 135 Å². The molecule has 7 aromatic carbocycles. The van der Waals surface area contributed by atoms with E-state index < -0.39 is 0 Å². The molecule has 0 unspecified atom stereocenters. The van der Waals surface area contributed by atoms with Gasteiger partial charge >= 0.3 is 0 Å². The van der Waals surface area contributed by atoms with E-state index >= 15 is 0 Å². The molecule has 0 amide bonds. The Morgan fingerprint density at radius 3 is 1.78 bits per heavy atom. The summed E-state index contributed by atoms with van der Waals surface area (Å²) in [5.41, 5.74) is 26.5. The Balaban J connectivity index is 1.15. The van der Waals surface area contributed by atoms with Crippen LogP contribution in [-0.4, -0.2) is 11.3 Å². The monoisotopic (exact) mass is 888 g/mol. The Bertz CT molecular complexity index is 3340. The second-order valence-electron chi connectivity index (χ2n) is 24.6. The van der Waals surface area contributed by atoms with E-state index in [-0.39, 0.29) is 33.8 Å². The molecule has 0 saturated carbocycles. The van der Waals surface area contributed by atoms with Crippen LogP contribution in [-0.2, 0) is 27.1 Å². The molecule has 8 aromatic rings. The number of para-hydroxylation sites is 1. The second-order valence-corrected chi connectivity index (χ2v) is 24.6. The third kappa shape index (κ3) is 6.11. The minimum atomic E-state index is -0.136. The summed E-state index contributed by atoms with van der Waals surface area (Å²) in [6, 6.07) is 54.7. The van der Waals surface area contributed by atoms with Gasteiger partial charge in [-0.3, -0.25) is 0 Å². The average Bonchev–Trinajstić information content (AvgIpc) is 3.77. The van der Waals surface area contributed by atoms with Crippen molar-refractivity contribution in [2.45, 2.75) is 130 Å². The van der Waals surface area contributed by atoms with Crippen LogP contribution in [0.15, 0.2) is 140 Å². The van der Waals surface area contributed by atoms with Crippen molar-refractivity contribution in [2.75, 3.05) is 9.80 Å². The summed E-state index contributed by atoms with van der Waals surface area (Å²) in [5, 5.41) is 1.37. The molecule has 340 valence electrons. The highest BCUT2D eigenvalue weighted by Gasteiger charge is 2.47. The van der Waals surface area contributed by atoms with Gasteiger partial charge in [0.2, 0.25) is 0 Å². The van der Waals surface area contributed by atoms with Crippen molar-refractivity contribution in [3.05, 3.63) is 178 Å². The molecule has 0 radical (unpaired) electrons. The fourth-order valence-electron chi connectivity index (χ4n) is 12.9. The van der Waals surface area contributed by atoms with E-state index in [4.69, 9.17) is 0 Å². The lowest BCUT2D eigenvalue weighted by Gasteiger charge is -2.44. The molecule has 3 nitrogen and oxygen atoms in total. The molecular weight excluding hydrogens is 822 g/mol. The van der Waals surface area contributed by atoms with Gasteiger partial charge < -0.3 is 14.4 Å². The van der Waals surface area contributed by atoms with E-state index in [1.807, 2.05) is 0 Å². The number of anilines is 6. The molecule has 0 atom stereocenters. The molecular formula is C64H66BN3. The zero-order valence-corrected chi connectivity index (χ0v) is 42.6. The van der Waals surface area contributed by atoms with Crippen molar-refractivity contribution in [3.63, 3.8) is 0 Å². The standard InChI is InChI=1S/C64H66BN3/c1-39-35-54-57-55(36-39)68-58-47(56-59(68)46-17-14-15-19-48(46)64(56,12)13)18-16-20-52(58)65(57)51-32-30-45(38-53(51)67(54)44-29-31-49-50(37-44)63(10,11)34-33-62(49,8)9)66(42-25-21-40(22-26-42)60(2,3)4)43-27-23-41(24-28-43)61(5,6)7/h14-32,35-38H,33-34H2,1-13H3. The van der Waals surface area contributed by atoms with Gasteiger partial charge in [-0.25, -0.2) is 0 Å². The SMILES string of the molecule is Cc1cc2c3c(c1)-n1c4c(c5cccc(c51)B3c1ccc(N(c3ccc(C(C)(C)C)cc3)c3ccc(C(C)(C)C)cc3)cc1N2c1ccc2c(c1)C(C)(C)CCC2(C)C)C(C)(C)c1ccccc1-4. The second kappa shape index (κ2) is 14.2. The molecule has 3 heterocycles. The molecule has 0 N–H and O–H groups in total. The number of hydrogen-bond donors (Lipinski definition) is 0. The van der Waals surface area contributed by atoms with Crippen LogP contribution in [0.25, 0.3) is 27.8 Å². The minimum absolute atomic E-state index is 0.0454. The van der Waals surface area contributed by atoms with Crippen molar-refractivity contribution in [1.29, 1.82) is 0 Å². The van der Waals surface area contributed by atoms with Gasteiger partial charge in [-0.15, -0.1) is 0 Å². The summed E-state index contributed by atoms with van der Waals surface area (Å²) in [4.78, 5) is 5.12. The smallest absolute Gasteiger partial charge is 0.252 e. The molecule has 2 aliphatic carbocycles. The third-order valence-corrected chi connectivity index (χ3v) is 16.8. The summed E-state index contributed by atoms with van der Waals surface area (Å²) < 4.78 is 2.68. The largest absolute Gasteiger partial charge is 0.311 e. The van der Waals surface area contributed by atoms with Gasteiger partial charge in [-0.2, -0.15) is 0 Å². The summed E-state index contributed by atoms with van der Waals surface area (Å²) in [5.74, 6) is 0. The van der Waals surface area contributed by atoms with Gasteiger partial charge in [0.05, 0.1) is 5.69 Å². The van der Waals surface area contributed by atoms with Crippen LogP contribution < -0.4 is 26.2 Å². The molecule has 68 heavy (non-hydrogen) atoms. The third-order valence-electron chi connectivity index (χ3n) is 16.8. The molecule has 12 rings (SSSR count). The van der Waals surface area contributed by atoms with Gasteiger partial charge in [0.1, 0.15) is 0 Å². The Kier molecular flexibility index (Phi) is 8.97. The van der Waals surface area contributed by atoms with Crippen molar-refractivity contribution < 1.29 is 0 Å². The number of aryl methyl sites for hydroxylation is 1. The summed E-state index contributed by atoms with van der Waals surface area (Å²) in [7, 11) is 0. The first-order chi connectivity index (χ1) is 32.1. The number of benzene rings is 7. The number of fused-ring (bicyclic) bond motifs is 10. The van der Waals surface area contributed by atoms with E-state index in [9.17, 15) is 0 Å². The van der Waals surface area contributed by atoms with E-state index in [1.165, 1.54) is 113 Å². The summed E-state index contributed by atoms with van der Waals surface area (Å²) in [6.45, 7) is 30.8. The fourth-order valence-corrected chi connectivity index (χ4v) is 12.9. The lowest BCUT2D eigenvalue weighted by molar-refractivity contribution is 0.332. The normalized spacial score (nSPS) is 16.8. The van der Waals surface area contributed by atoms with Gasteiger partial charge in [-0.05, 0) is 157 Å². The highest BCUT2D eigenvalue weighted by atomic mass is 15.2. The lowest BCUT2D eigenvalue weighted by Crippen LogP contribution is -2.60. The van der Waals surface area contributed by atoms with Gasteiger partial charge in [0.15, 0.2) is 0 Å². The lowest BCUT2D eigenvalue weighted by atomic mass is 9.33. The van der Waals surface area contributed by atoms with Crippen molar-refractivity contribution in [2.24, 2.45) is 0 Å². The highest BCUT2D eigenvalue weighted by molar-refractivity contribution is 7.00. The number of aromatic nitrogens is 1. The van der Waals surface area contributed by atoms with Gasteiger partial charge in [0, 0.05) is 61.7 Å². The Morgan fingerprint density at radius 2 is 1.13 bits per heavy atom. The first kappa shape index (κ1) is 43.1. The topological polar surface area (TPSA) is 11.4 Å². The maximum atomic E-state index is 2.68. The van der Waals surface area contributed by atoms with E-state index in [2.05, 4.69) is 244 Å². The highest BCUT2D eigenvalue weighted by Crippen LogP contribution is 2.55. The van der Waals surface area contributed by atoms with Crippen LogP contribution in [0, 0.1) is 6.92 Å². The molecule has 2 aliphatic heterocycles. The number of rotatable bonds is 4. The van der Waals surface area contributed by atoms with Gasteiger partial charge in [0.25, 0.3) is 6.71 Å². The van der Waals surface area contributed by atoms with Crippen LogP contribution in [0.2, 0.25) is 0 Å². The Labute approximate surface area is 405 Å². The van der Waals surface area contributed by atoms with Crippen molar-refractivity contribution in [1.82, 2.24) is 4.57 Å². The number of nitrogens with zero attached hydrogens (tertiary/aromatic N) is 3. The molecule has 4 heteroatoms. The quantitative estimate of drug-likeness (QED) is 0.163. The van der Waals surface area contributed by atoms with Crippen LogP contribution in [0.3, 0.4) is 0 Å². The zero-order valence-electron chi connectivity index (χ0n) is 42.6. The Hall–Kier alpha value is -6.26. The predicted molar refractivity (Wildman–Crippen MR) is 292 cm³/mol. The first-order valence-electron chi connectivity index (χ1n) is 25.2. The van der Waals surface area contributed by atoms with Crippen LogP contribution in [0.4, 0.5) is 34.1 Å². The van der Waals surface area contributed by atoms with E-state index in [0.29, 0.717) is 0 Å². The molecule has 0 spiro atoms. The maximum absolute atomic E-state index is 2.68. The first-order valence-corrected chi connectivity index (χ1v) is 25.2. The van der Waals surface area contributed by atoms with E-state index in [0.717, 1.165) is 17.1 Å². The average molecular weight is 888 g/mol. The summed E-state index contributed by atoms with van der Waals surface area (Å²) >= 11 is 0. The van der Waals surface area contributed by atoms with Gasteiger partial charge in [-0.1, -0.05) is 162 Å². The summed E-state index contributed by atoms with van der Waals surface area (Å²) in [6.07, 6.45) is 2.35. The van der Waals surface area contributed by atoms with Crippen molar-refractivity contribution >= 4 is 68.1 Å². The van der Waals surface area contributed by atoms with Crippen LogP contribution >= 0.6 is 0 Å². The molecule has 0 saturated heterocycles. The van der Waals surface area contributed by atoms with E-state index in [1.54, 1.807) is 0 Å². The zero-order chi connectivity index (χ0) is 47.6. The number of hydrogen-bond acceptors (Lipinski definition) is 2. The Morgan fingerprint density at radius 1 is 0.529 bits per heavy atom. The molecule has 1 aromatic heterocycles. The maximum Gasteiger partial charge on any atom is 0.252 e. The fraction of sp³-hybridized carbons (Fsp3) is 0.312. The van der Waals surface area contributed by atoms with Crippen LogP contribution in [0.5, 0.6) is 0 Å². The minimum Gasteiger partial charge on any atom is -0.311 e. The van der Waals surface area contributed by atoms with Crippen molar-refractivity contribution in [3.8, 4) is 16.9 Å². The molecule has 4 aliphatic rings. The molecule has 0 bridgehead atoms.